The Hall–Kier alpha value is -1.34. The number of nitrogens with two attached hydrogens (primary N) is 1. The maximum absolute atomic E-state index is 11.8. The quantitative estimate of drug-likeness (QED) is 0.373. The number of hydrogen-bond acceptors (Lipinski definition) is 5. The molecule has 2 amide bonds. The van der Waals surface area contributed by atoms with E-state index in [1.807, 2.05) is 5.43 Å². The second kappa shape index (κ2) is 5.33. The lowest BCUT2D eigenvalue weighted by atomic mass is 10.2. The lowest BCUT2D eigenvalue weighted by Gasteiger charge is -2.33. The first kappa shape index (κ1) is 13.7. The highest BCUT2D eigenvalue weighted by Gasteiger charge is 2.31. The van der Waals surface area contributed by atoms with Crippen LogP contribution >= 0.6 is 0 Å². The molecule has 0 aromatic rings. The molecule has 0 spiro atoms. The van der Waals surface area contributed by atoms with Gasteiger partial charge in [-0.25, -0.2) is 10.6 Å². The lowest BCUT2D eigenvalue weighted by molar-refractivity contribution is -0.138. The first-order valence-corrected chi connectivity index (χ1v) is 5.43. The molecule has 1 heterocycles. The molecule has 1 atom stereocenters. The van der Waals surface area contributed by atoms with Crippen molar-refractivity contribution in [3.8, 4) is 0 Å². The minimum absolute atomic E-state index is 0.151. The van der Waals surface area contributed by atoms with E-state index in [2.05, 4.69) is 0 Å². The highest BCUT2D eigenvalue weighted by molar-refractivity contribution is 5.81. The average molecular weight is 245 g/mol. The molecule has 0 saturated carbocycles. The van der Waals surface area contributed by atoms with E-state index in [0.717, 1.165) is 0 Å². The van der Waals surface area contributed by atoms with Crippen LogP contribution < -0.4 is 11.3 Å². The van der Waals surface area contributed by atoms with Crippen molar-refractivity contribution in [3.05, 3.63) is 0 Å². The highest BCUT2D eigenvalue weighted by atomic mass is 16.6. The van der Waals surface area contributed by atoms with Gasteiger partial charge < -0.3 is 14.4 Å². The van der Waals surface area contributed by atoms with Crippen LogP contribution in [0.25, 0.3) is 0 Å². The number of carbonyl (C=O) groups is 2. The third-order valence-electron chi connectivity index (χ3n) is 2.15. The third kappa shape index (κ3) is 4.20. The molecule has 7 nitrogen and oxygen atoms in total. The van der Waals surface area contributed by atoms with Gasteiger partial charge in [-0.2, -0.15) is 0 Å². The zero-order valence-electron chi connectivity index (χ0n) is 10.4. The van der Waals surface area contributed by atoms with E-state index in [1.54, 1.807) is 20.8 Å². The normalized spacial score (nSPS) is 20.9. The number of amides is 2. The summed E-state index contributed by atoms with van der Waals surface area (Å²) in [7, 11) is 0. The van der Waals surface area contributed by atoms with Crippen molar-refractivity contribution < 1.29 is 19.1 Å². The van der Waals surface area contributed by atoms with Gasteiger partial charge in [0.2, 0.25) is 0 Å². The summed E-state index contributed by atoms with van der Waals surface area (Å²) in [5, 5.41) is 0. The van der Waals surface area contributed by atoms with Gasteiger partial charge in [0.05, 0.1) is 13.2 Å². The Morgan fingerprint density at radius 1 is 1.47 bits per heavy atom. The first-order valence-electron chi connectivity index (χ1n) is 5.43. The Morgan fingerprint density at radius 2 is 2.12 bits per heavy atom. The van der Waals surface area contributed by atoms with E-state index in [9.17, 15) is 9.59 Å². The molecular formula is C10H19N3O4. The second-order valence-electron chi connectivity index (χ2n) is 4.79. The molecule has 1 aliphatic rings. The second-order valence-corrected chi connectivity index (χ2v) is 4.79. The van der Waals surface area contributed by atoms with Crippen molar-refractivity contribution in [2.24, 2.45) is 5.84 Å². The molecule has 0 radical (unpaired) electrons. The van der Waals surface area contributed by atoms with Gasteiger partial charge in [0.1, 0.15) is 5.60 Å². The molecular weight excluding hydrogens is 226 g/mol. The Balaban J connectivity index is 2.55. The maximum Gasteiger partial charge on any atom is 0.410 e. The molecule has 3 N–H and O–H groups in total. The van der Waals surface area contributed by atoms with Crippen molar-refractivity contribution >= 4 is 12.0 Å². The Bertz CT molecular complexity index is 300. The molecule has 98 valence electrons. The summed E-state index contributed by atoms with van der Waals surface area (Å²) in [4.78, 5) is 24.5. The zero-order chi connectivity index (χ0) is 13.1. The summed E-state index contributed by atoms with van der Waals surface area (Å²) < 4.78 is 10.4. The number of hydrogen-bond donors (Lipinski definition) is 2. The molecule has 17 heavy (non-hydrogen) atoms. The van der Waals surface area contributed by atoms with E-state index < -0.39 is 23.7 Å². The summed E-state index contributed by atoms with van der Waals surface area (Å²) in [6, 6.07) is 0. The van der Waals surface area contributed by atoms with Crippen LogP contribution in [0.5, 0.6) is 0 Å². The molecule has 1 rings (SSSR count). The van der Waals surface area contributed by atoms with Crippen LogP contribution in [-0.2, 0) is 14.3 Å². The largest absolute Gasteiger partial charge is 0.444 e. The monoisotopic (exact) mass is 245 g/mol. The van der Waals surface area contributed by atoms with Crippen LogP contribution in [0.3, 0.4) is 0 Å². The average Bonchev–Trinajstić information content (AvgIpc) is 2.26. The number of ether oxygens (including phenoxy) is 2. The summed E-state index contributed by atoms with van der Waals surface area (Å²) in [5.74, 6) is 4.57. The molecule has 1 unspecified atom stereocenters. The molecule has 1 aliphatic heterocycles. The topological polar surface area (TPSA) is 93.9 Å². The Labute approximate surface area is 100 Å². The van der Waals surface area contributed by atoms with Gasteiger partial charge in [-0.1, -0.05) is 0 Å². The molecule has 0 aromatic carbocycles. The summed E-state index contributed by atoms with van der Waals surface area (Å²) >= 11 is 0. The molecule has 0 bridgehead atoms. The van der Waals surface area contributed by atoms with Crippen LogP contribution in [0.1, 0.15) is 20.8 Å². The third-order valence-corrected chi connectivity index (χ3v) is 2.15. The van der Waals surface area contributed by atoms with E-state index in [-0.39, 0.29) is 13.2 Å². The fourth-order valence-electron chi connectivity index (χ4n) is 1.39. The molecule has 7 heteroatoms. The Kier molecular flexibility index (Phi) is 4.30. The van der Waals surface area contributed by atoms with Gasteiger partial charge in [0, 0.05) is 6.54 Å². The summed E-state index contributed by atoms with van der Waals surface area (Å²) in [6.45, 7) is 6.21. The fraction of sp³-hybridized carbons (Fsp3) is 0.800. The molecule has 1 fully saturated rings. The van der Waals surface area contributed by atoms with Crippen molar-refractivity contribution in [2.75, 3.05) is 19.7 Å². The van der Waals surface area contributed by atoms with E-state index in [4.69, 9.17) is 15.3 Å². The molecule has 1 saturated heterocycles. The van der Waals surface area contributed by atoms with Gasteiger partial charge >= 0.3 is 6.09 Å². The van der Waals surface area contributed by atoms with Crippen molar-refractivity contribution in [2.45, 2.75) is 32.5 Å². The predicted octanol–water partition coefficient (Wildman–Crippen LogP) is -0.388. The summed E-state index contributed by atoms with van der Waals surface area (Å²) in [6.07, 6.45) is -1.18. The standard InChI is InChI=1S/C10H19N3O4/c1-10(2,3)17-9(15)13-4-5-16-7(6-13)8(14)12-11/h7H,4-6,11H2,1-3H3,(H,12,14). The highest BCUT2D eigenvalue weighted by Crippen LogP contribution is 2.13. The van der Waals surface area contributed by atoms with Gasteiger partial charge in [-0.15, -0.1) is 0 Å². The number of morpholine rings is 1. The minimum Gasteiger partial charge on any atom is -0.444 e. The van der Waals surface area contributed by atoms with Crippen LogP contribution in [0.15, 0.2) is 0 Å². The SMILES string of the molecule is CC(C)(C)OC(=O)N1CCOC(C(=O)NN)C1. The van der Waals surface area contributed by atoms with Gasteiger partial charge in [-0.05, 0) is 20.8 Å². The zero-order valence-corrected chi connectivity index (χ0v) is 10.4. The number of rotatable bonds is 1. The number of carbonyl (C=O) groups excluding carboxylic acids is 2. The van der Waals surface area contributed by atoms with Gasteiger partial charge in [0.25, 0.3) is 5.91 Å². The van der Waals surface area contributed by atoms with Crippen LogP contribution in [0, 0.1) is 0 Å². The van der Waals surface area contributed by atoms with Crippen LogP contribution in [-0.4, -0.2) is 48.3 Å². The van der Waals surface area contributed by atoms with Crippen molar-refractivity contribution in [3.63, 3.8) is 0 Å². The van der Waals surface area contributed by atoms with Crippen molar-refractivity contribution in [1.82, 2.24) is 10.3 Å². The van der Waals surface area contributed by atoms with Gasteiger partial charge in [-0.3, -0.25) is 10.2 Å². The maximum atomic E-state index is 11.8. The van der Waals surface area contributed by atoms with E-state index >= 15 is 0 Å². The fourth-order valence-corrected chi connectivity index (χ4v) is 1.39. The van der Waals surface area contributed by atoms with E-state index in [0.29, 0.717) is 6.54 Å². The van der Waals surface area contributed by atoms with Crippen LogP contribution in [0.2, 0.25) is 0 Å². The van der Waals surface area contributed by atoms with Crippen molar-refractivity contribution in [1.29, 1.82) is 0 Å². The summed E-state index contributed by atoms with van der Waals surface area (Å²) in [5.41, 5.74) is 1.45. The molecule has 0 aromatic heterocycles. The van der Waals surface area contributed by atoms with E-state index in [1.165, 1.54) is 4.90 Å². The smallest absolute Gasteiger partial charge is 0.410 e. The number of nitrogens with one attached hydrogen (secondary N) is 1. The molecule has 0 aliphatic carbocycles. The predicted molar refractivity (Wildman–Crippen MR) is 59.9 cm³/mol. The lowest BCUT2D eigenvalue weighted by Crippen LogP contribution is -2.53. The number of nitrogens with zero attached hydrogens (tertiary/aromatic N) is 1. The minimum atomic E-state index is -0.735. The van der Waals surface area contributed by atoms with Gasteiger partial charge in [0.15, 0.2) is 6.10 Å². The first-order chi connectivity index (χ1) is 7.83. The van der Waals surface area contributed by atoms with Crippen LogP contribution in [0.4, 0.5) is 4.79 Å². The number of hydrazine groups is 1. The Morgan fingerprint density at radius 3 is 2.65 bits per heavy atom.